The molecule has 2 aliphatic heterocycles. The Morgan fingerprint density at radius 1 is 1.16 bits per heavy atom. The molecule has 2 amide bonds. The van der Waals surface area contributed by atoms with E-state index >= 15 is 0 Å². The van der Waals surface area contributed by atoms with E-state index in [1.807, 2.05) is 30.9 Å². The van der Waals surface area contributed by atoms with Gasteiger partial charge in [0.05, 0.1) is 19.1 Å². The molecule has 7 heteroatoms. The summed E-state index contributed by atoms with van der Waals surface area (Å²) in [5.41, 5.74) is 1.05. The van der Waals surface area contributed by atoms with E-state index in [2.05, 4.69) is 10.2 Å². The van der Waals surface area contributed by atoms with Crippen LogP contribution < -0.4 is 5.32 Å². The fraction of sp³-hybridized carbons (Fsp3) is 0.667. The third-order valence-corrected chi connectivity index (χ3v) is 7.02. The SMILES string of the molecule is CCN(CC)C(=O)C[C@@H]1OC[C@@H]2[C@H]1[C@H](CC(=O)NC1CC1)CN2Cc1ccc(F)cc1. The largest absolute Gasteiger partial charge is 0.376 e. The Morgan fingerprint density at radius 2 is 1.87 bits per heavy atom. The van der Waals surface area contributed by atoms with Crippen LogP contribution >= 0.6 is 0 Å². The molecule has 0 aromatic heterocycles. The van der Waals surface area contributed by atoms with Crippen LogP contribution in [0, 0.1) is 17.7 Å². The van der Waals surface area contributed by atoms with Gasteiger partial charge in [0.1, 0.15) is 5.82 Å². The number of rotatable bonds is 9. The first-order valence-corrected chi connectivity index (χ1v) is 11.7. The molecule has 2 heterocycles. The van der Waals surface area contributed by atoms with Crippen LogP contribution in [0.3, 0.4) is 0 Å². The molecule has 0 unspecified atom stereocenters. The smallest absolute Gasteiger partial charge is 0.225 e. The summed E-state index contributed by atoms with van der Waals surface area (Å²) < 4.78 is 19.5. The second kappa shape index (κ2) is 9.65. The summed E-state index contributed by atoms with van der Waals surface area (Å²) in [6.07, 6.45) is 2.83. The second-order valence-corrected chi connectivity index (χ2v) is 9.15. The molecule has 170 valence electrons. The molecule has 4 atom stereocenters. The predicted octanol–water partition coefficient (Wildman–Crippen LogP) is 2.57. The van der Waals surface area contributed by atoms with Gasteiger partial charge in [-0.2, -0.15) is 0 Å². The molecule has 3 aliphatic rings. The van der Waals surface area contributed by atoms with Crippen molar-refractivity contribution in [2.75, 3.05) is 26.2 Å². The molecule has 0 radical (unpaired) electrons. The minimum Gasteiger partial charge on any atom is -0.376 e. The van der Waals surface area contributed by atoms with Crippen molar-refractivity contribution >= 4 is 11.8 Å². The molecule has 1 aliphatic carbocycles. The van der Waals surface area contributed by atoms with Crippen LogP contribution in [0.15, 0.2) is 24.3 Å². The Labute approximate surface area is 184 Å². The van der Waals surface area contributed by atoms with Gasteiger partial charge in [-0.3, -0.25) is 14.5 Å². The van der Waals surface area contributed by atoms with Gasteiger partial charge in [0.25, 0.3) is 0 Å². The lowest BCUT2D eigenvalue weighted by Crippen LogP contribution is -2.37. The number of likely N-dealkylation sites (tertiary alicyclic amines) is 1. The number of ether oxygens (including phenoxy) is 1. The number of hydrogen-bond donors (Lipinski definition) is 1. The number of carbonyl (C=O) groups excluding carboxylic acids is 2. The Kier molecular flexibility index (Phi) is 6.92. The van der Waals surface area contributed by atoms with E-state index < -0.39 is 0 Å². The fourth-order valence-electron chi connectivity index (χ4n) is 5.25. The van der Waals surface area contributed by atoms with Crippen molar-refractivity contribution in [3.05, 3.63) is 35.6 Å². The van der Waals surface area contributed by atoms with Crippen molar-refractivity contribution < 1.29 is 18.7 Å². The average Bonchev–Trinajstić information content (AvgIpc) is 3.36. The van der Waals surface area contributed by atoms with E-state index in [9.17, 15) is 14.0 Å². The van der Waals surface area contributed by atoms with E-state index in [1.165, 1.54) is 12.1 Å². The first-order chi connectivity index (χ1) is 15.0. The zero-order chi connectivity index (χ0) is 22.0. The molecule has 31 heavy (non-hydrogen) atoms. The lowest BCUT2D eigenvalue weighted by Gasteiger charge is -2.26. The Balaban J connectivity index is 1.47. The first kappa shape index (κ1) is 22.2. The first-order valence-electron chi connectivity index (χ1n) is 11.7. The van der Waals surface area contributed by atoms with Crippen molar-refractivity contribution in [3.63, 3.8) is 0 Å². The normalized spacial score (nSPS) is 27.8. The minimum atomic E-state index is -0.239. The van der Waals surface area contributed by atoms with Gasteiger partial charge in [0, 0.05) is 50.6 Å². The topological polar surface area (TPSA) is 61.9 Å². The van der Waals surface area contributed by atoms with Crippen LogP contribution in [0.25, 0.3) is 0 Å². The Bertz CT molecular complexity index is 779. The molecular weight excluding hydrogens is 397 g/mol. The molecule has 2 saturated heterocycles. The number of nitrogens with one attached hydrogen (secondary N) is 1. The van der Waals surface area contributed by atoms with Crippen LogP contribution in [-0.2, 0) is 20.9 Å². The van der Waals surface area contributed by atoms with Crippen LogP contribution in [0.5, 0.6) is 0 Å². The molecule has 1 aromatic rings. The summed E-state index contributed by atoms with van der Waals surface area (Å²) in [5.74, 6) is 0.299. The molecule has 3 fully saturated rings. The lowest BCUT2D eigenvalue weighted by molar-refractivity contribution is -0.133. The van der Waals surface area contributed by atoms with E-state index in [-0.39, 0.29) is 41.6 Å². The van der Waals surface area contributed by atoms with Gasteiger partial charge < -0.3 is 15.0 Å². The van der Waals surface area contributed by atoms with Crippen molar-refractivity contribution in [1.82, 2.24) is 15.1 Å². The number of halogens is 1. The summed E-state index contributed by atoms with van der Waals surface area (Å²) in [6, 6.07) is 7.13. The second-order valence-electron chi connectivity index (χ2n) is 9.15. The Hall–Kier alpha value is -1.99. The van der Waals surface area contributed by atoms with E-state index in [1.54, 1.807) is 0 Å². The predicted molar refractivity (Wildman–Crippen MR) is 116 cm³/mol. The summed E-state index contributed by atoms with van der Waals surface area (Å²) in [6.45, 7) is 7.44. The van der Waals surface area contributed by atoms with Gasteiger partial charge in [-0.1, -0.05) is 12.1 Å². The maximum absolute atomic E-state index is 13.3. The maximum atomic E-state index is 13.3. The van der Waals surface area contributed by atoms with Crippen molar-refractivity contribution in [3.8, 4) is 0 Å². The number of hydrogen-bond acceptors (Lipinski definition) is 4. The van der Waals surface area contributed by atoms with Gasteiger partial charge in [-0.25, -0.2) is 4.39 Å². The van der Waals surface area contributed by atoms with Crippen LogP contribution in [0.1, 0.15) is 45.1 Å². The number of carbonyl (C=O) groups is 2. The number of amides is 2. The quantitative estimate of drug-likeness (QED) is 0.653. The highest BCUT2D eigenvalue weighted by Gasteiger charge is 2.51. The summed E-state index contributed by atoms with van der Waals surface area (Å²) in [7, 11) is 0. The van der Waals surface area contributed by atoms with Gasteiger partial charge in [-0.05, 0) is 50.3 Å². The number of nitrogens with zero attached hydrogens (tertiary/aromatic N) is 2. The minimum absolute atomic E-state index is 0.107. The molecule has 6 nitrogen and oxygen atoms in total. The molecule has 1 aromatic carbocycles. The fourth-order valence-corrected chi connectivity index (χ4v) is 5.25. The summed E-state index contributed by atoms with van der Waals surface area (Å²) >= 11 is 0. The highest BCUT2D eigenvalue weighted by atomic mass is 19.1. The van der Waals surface area contributed by atoms with Crippen LogP contribution in [0.4, 0.5) is 4.39 Å². The summed E-state index contributed by atoms with van der Waals surface area (Å²) in [4.78, 5) is 29.5. The number of fused-ring (bicyclic) bond motifs is 1. The van der Waals surface area contributed by atoms with Crippen molar-refractivity contribution in [2.45, 2.75) is 64.3 Å². The monoisotopic (exact) mass is 431 g/mol. The van der Waals surface area contributed by atoms with Gasteiger partial charge in [0.2, 0.25) is 11.8 Å². The van der Waals surface area contributed by atoms with Crippen molar-refractivity contribution in [2.24, 2.45) is 11.8 Å². The highest BCUT2D eigenvalue weighted by Crippen LogP contribution is 2.42. The molecule has 1 saturated carbocycles. The van der Waals surface area contributed by atoms with Gasteiger partial charge in [-0.15, -0.1) is 0 Å². The lowest BCUT2D eigenvalue weighted by atomic mass is 9.84. The standard InChI is InChI=1S/C24H34FN3O3/c1-3-27(4-2)23(30)12-21-24-17(11-22(29)26-19-9-10-19)14-28(20(24)15-31-21)13-16-5-7-18(25)8-6-16/h5-8,17,19-21,24H,3-4,9-15H2,1-2H3,(H,26,29)/t17-,20-,21+,24-/m1/s1. The maximum Gasteiger partial charge on any atom is 0.225 e. The molecule has 0 spiro atoms. The molecular formula is C24H34FN3O3. The van der Waals surface area contributed by atoms with Gasteiger partial charge in [0.15, 0.2) is 0 Å². The van der Waals surface area contributed by atoms with E-state index in [0.29, 0.717) is 45.1 Å². The molecule has 4 rings (SSSR count). The Morgan fingerprint density at radius 3 is 2.52 bits per heavy atom. The average molecular weight is 432 g/mol. The van der Waals surface area contributed by atoms with Crippen LogP contribution in [0.2, 0.25) is 0 Å². The van der Waals surface area contributed by atoms with E-state index in [4.69, 9.17) is 4.74 Å². The zero-order valence-electron chi connectivity index (χ0n) is 18.6. The number of benzene rings is 1. The highest BCUT2D eigenvalue weighted by molar-refractivity contribution is 5.77. The third-order valence-electron chi connectivity index (χ3n) is 7.02. The van der Waals surface area contributed by atoms with Crippen molar-refractivity contribution in [1.29, 1.82) is 0 Å². The molecule has 1 N–H and O–H groups in total. The van der Waals surface area contributed by atoms with Crippen LogP contribution in [-0.4, -0.2) is 66.0 Å². The molecule has 0 bridgehead atoms. The zero-order valence-corrected chi connectivity index (χ0v) is 18.6. The summed E-state index contributed by atoms with van der Waals surface area (Å²) in [5, 5.41) is 3.11. The van der Waals surface area contributed by atoms with E-state index in [0.717, 1.165) is 24.9 Å². The van der Waals surface area contributed by atoms with Gasteiger partial charge >= 0.3 is 0 Å². The third kappa shape index (κ3) is 5.26.